The molecule has 4 N–H and O–H groups in total. The fraction of sp³-hybridized carbons (Fsp3) is 0.538. The Balaban J connectivity index is 2.25. The molecular formula is C13H23N3O. The molecule has 1 rings (SSSR count). The van der Waals surface area contributed by atoms with Crippen molar-refractivity contribution >= 4 is 0 Å². The minimum atomic E-state index is 0.688. The van der Waals surface area contributed by atoms with Crippen LogP contribution >= 0.6 is 0 Å². The highest BCUT2D eigenvalue weighted by Gasteiger charge is 2.00. The summed E-state index contributed by atoms with van der Waals surface area (Å²) in [6.07, 6.45) is 0. The number of para-hydroxylation sites is 1. The average molecular weight is 237 g/mol. The van der Waals surface area contributed by atoms with Gasteiger partial charge in [-0.05, 0) is 13.0 Å². The van der Waals surface area contributed by atoms with Crippen LogP contribution in [-0.2, 0) is 6.54 Å². The summed E-state index contributed by atoms with van der Waals surface area (Å²) in [5.41, 5.74) is 6.59. The molecule has 0 aliphatic heterocycles. The Morgan fingerprint density at radius 3 is 2.65 bits per heavy atom. The van der Waals surface area contributed by atoms with Gasteiger partial charge in [0.05, 0.1) is 6.61 Å². The number of nitrogens with one attached hydrogen (secondary N) is 2. The quantitative estimate of drug-likeness (QED) is 0.554. The zero-order valence-electron chi connectivity index (χ0n) is 10.5. The van der Waals surface area contributed by atoms with Crippen LogP contribution in [0.4, 0.5) is 0 Å². The molecule has 1 aromatic carbocycles. The van der Waals surface area contributed by atoms with Gasteiger partial charge in [0, 0.05) is 38.3 Å². The standard InChI is InChI=1S/C13H23N3O/c1-2-17-13-6-4-3-5-12(13)11-16-10-9-15-8-7-14/h3-6,15-16H,2,7-11,14H2,1H3. The van der Waals surface area contributed by atoms with E-state index in [1.54, 1.807) is 0 Å². The van der Waals surface area contributed by atoms with Crippen LogP contribution in [0, 0.1) is 0 Å². The van der Waals surface area contributed by atoms with Crippen LogP contribution in [0.2, 0.25) is 0 Å². The Hall–Kier alpha value is -1.10. The molecule has 4 heteroatoms. The first kappa shape index (κ1) is 14.0. The second-order valence-corrected chi connectivity index (χ2v) is 3.76. The lowest BCUT2D eigenvalue weighted by atomic mass is 10.2. The van der Waals surface area contributed by atoms with Crippen LogP contribution in [-0.4, -0.2) is 32.8 Å². The van der Waals surface area contributed by atoms with Gasteiger partial charge < -0.3 is 21.1 Å². The van der Waals surface area contributed by atoms with Crippen molar-refractivity contribution in [2.45, 2.75) is 13.5 Å². The Kier molecular flexibility index (Phi) is 7.38. The lowest BCUT2D eigenvalue weighted by Gasteiger charge is -2.11. The van der Waals surface area contributed by atoms with Crippen LogP contribution in [0.25, 0.3) is 0 Å². The zero-order valence-corrected chi connectivity index (χ0v) is 10.5. The van der Waals surface area contributed by atoms with E-state index < -0.39 is 0 Å². The lowest BCUT2D eigenvalue weighted by Crippen LogP contribution is -2.30. The van der Waals surface area contributed by atoms with E-state index in [1.807, 2.05) is 25.1 Å². The minimum absolute atomic E-state index is 0.688. The third-order valence-corrected chi connectivity index (χ3v) is 2.39. The highest BCUT2D eigenvalue weighted by molar-refractivity contribution is 5.33. The summed E-state index contributed by atoms with van der Waals surface area (Å²) in [6, 6.07) is 8.13. The fourth-order valence-corrected chi connectivity index (χ4v) is 1.57. The van der Waals surface area contributed by atoms with Crippen molar-refractivity contribution in [1.82, 2.24) is 10.6 Å². The minimum Gasteiger partial charge on any atom is -0.494 e. The summed E-state index contributed by atoms with van der Waals surface area (Å²) < 4.78 is 5.56. The molecule has 17 heavy (non-hydrogen) atoms. The molecule has 0 fully saturated rings. The van der Waals surface area contributed by atoms with E-state index in [4.69, 9.17) is 10.5 Å². The summed E-state index contributed by atoms with van der Waals surface area (Å²) in [5.74, 6) is 0.970. The molecule has 0 saturated carbocycles. The maximum absolute atomic E-state index is 5.56. The van der Waals surface area contributed by atoms with Gasteiger partial charge in [0.25, 0.3) is 0 Å². The van der Waals surface area contributed by atoms with Gasteiger partial charge in [-0.2, -0.15) is 0 Å². The van der Waals surface area contributed by atoms with E-state index in [0.717, 1.165) is 31.9 Å². The molecule has 0 aliphatic carbocycles. The summed E-state index contributed by atoms with van der Waals surface area (Å²) in [4.78, 5) is 0. The molecule has 0 aliphatic rings. The van der Waals surface area contributed by atoms with Crippen LogP contribution < -0.4 is 21.1 Å². The molecule has 0 unspecified atom stereocenters. The number of hydrogen-bond donors (Lipinski definition) is 3. The molecule has 4 nitrogen and oxygen atoms in total. The number of ether oxygens (including phenoxy) is 1. The number of nitrogens with two attached hydrogens (primary N) is 1. The fourth-order valence-electron chi connectivity index (χ4n) is 1.57. The number of rotatable bonds is 9. The van der Waals surface area contributed by atoms with Crippen molar-refractivity contribution in [3.05, 3.63) is 29.8 Å². The second kappa shape index (κ2) is 8.98. The van der Waals surface area contributed by atoms with Gasteiger partial charge >= 0.3 is 0 Å². The molecule has 0 saturated heterocycles. The Bertz CT molecular complexity index is 304. The molecule has 0 bridgehead atoms. The molecule has 0 atom stereocenters. The lowest BCUT2D eigenvalue weighted by molar-refractivity contribution is 0.335. The van der Waals surface area contributed by atoms with Gasteiger partial charge in [-0.25, -0.2) is 0 Å². The van der Waals surface area contributed by atoms with Gasteiger partial charge in [-0.1, -0.05) is 18.2 Å². The van der Waals surface area contributed by atoms with E-state index in [-0.39, 0.29) is 0 Å². The Morgan fingerprint density at radius 1 is 1.12 bits per heavy atom. The monoisotopic (exact) mass is 237 g/mol. The number of benzene rings is 1. The molecular weight excluding hydrogens is 214 g/mol. The maximum atomic E-state index is 5.56. The molecule has 0 amide bonds. The molecule has 0 spiro atoms. The summed E-state index contributed by atoms with van der Waals surface area (Å²) >= 11 is 0. The SMILES string of the molecule is CCOc1ccccc1CNCCNCCN. The van der Waals surface area contributed by atoms with Crippen molar-refractivity contribution in [1.29, 1.82) is 0 Å². The molecule has 1 aromatic rings. The summed E-state index contributed by atoms with van der Waals surface area (Å²) in [6.45, 7) is 6.97. The smallest absolute Gasteiger partial charge is 0.123 e. The predicted molar refractivity (Wildman–Crippen MR) is 71.2 cm³/mol. The zero-order chi connectivity index (χ0) is 12.3. The first-order valence-corrected chi connectivity index (χ1v) is 6.20. The molecule has 0 heterocycles. The number of hydrogen-bond acceptors (Lipinski definition) is 4. The molecule has 0 radical (unpaired) electrons. The van der Waals surface area contributed by atoms with E-state index in [9.17, 15) is 0 Å². The molecule has 0 aromatic heterocycles. The van der Waals surface area contributed by atoms with E-state index >= 15 is 0 Å². The van der Waals surface area contributed by atoms with Gasteiger partial charge in [0.2, 0.25) is 0 Å². The summed E-state index contributed by atoms with van der Waals surface area (Å²) in [5, 5.41) is 6.62. The normalized spacial score (nSPS) is 10.5. The van der Waals surface area contributed by atoms with Crippen molar-refractivity contribution in [2.24, 2.45) is 5.73 Å². The first-order chi connectivity index (χ1) is 8.38. The van der Waals surface area contributed by atoms with Crippen molar-refractivity contribution in [3.8, 4) is 5.75 Å². The third-order valence-electron chi connectivity index (χ3n) is 2.39. The third kappa shape index (κ3) is 5.68. The predicted octanol–water partition coefficient (Wildman–Crippen LogP) is 0.723. The van der Waals surface area contributed by atoms with Gasteiger partial charge in [-0.3, -0.25) is 0 Å². The van der Waals surface area contributed by atoms with Crippen LogP contribution in [0.3, 0.4) is 0 Å². The molecule has 96 valence electrons. The van der Waals surface area contributed by atoms with E-state index in [1.165, 1.54) is 5.56 Å². The van der Waals surface area contributed by atoms with Gasteiger partial charge in [-0.15, -0.1) is 0 Å². The Morgan fingerprint density at radius 2 is 1.88 bits per heavy atom. The summed E-state index contributed by atoms with van der Waals surface area (Å²) in [7, 11) is 0. The largest absolute Gasteiger partial charge is 0.494 e. The Labute approximate surface area is 104 Å². The van der Waals surface area contributed by atoms with Crippen molar-refractivity contribution in [2.75, 3.05) is 32.8 Å². The van der Waals surface area contributed by atoms with Crippen LogP contribution in [0.5, 0.6) is 5.75 Å². The highest BCUT2D eigenvalue weighted by atomic mass is 16.5. The van der Waals surface area contributed by atoms with E-state index in [0.29, 0.717) is 13.2 Å². The average Bonchev–Trinajstić information content (AvgIpc) is 2.36. The van der Waals surface area contributed by atoms with Crippen molar-refractivity contribution < 1.29 is 4.74 Å². The second-order valence-electron chi connectivity index (χ2n) is 3.76. The topological polar surface area (TPSA) is 59.3 Å². The highest BCUT2D eigenvalue weighted by Crippen LogP contribution is 2.17. The van der Waals surface area contributed by atoms with Gasteiger partial charge in [0.15, 0.2) is 0 Å². The first-order valence-electron chi connectivity index (χ1n) is 6.20. The van der Waals surface area contributed by atoms with Gasteiger partial charge in [0.1, 0.15) is 5.75 Å². The maximum Gasteiger partial charge on any atom is 0.123 e. The van der Waals surface area contributed by atoms with Crippen LogP contribution in [0.1, 0.15) is 12.5 Å². The van der Waals surface area contributed by atoms with Crippen LogP contribution in [0.15, 0.2) is 24.3 Å². The van der Waals surface area contributed by atoms with Crippen molar-refractivity contribution in [3.63, 3.8) is 0 Å². The van der Waals surface area contributed by atoms with E-state index in [2.05, 4.69) is 16.7 Å².